The van der Waals surface area contributed by atoms with Crippen LogP contribution in [-0.2, 0) is 0 Å². The van der Waals surface area contributed by atoms with Crippen molar-refractivity contribution in [1.29, 1.82) is 0 Å². The first-order chi connectivity index (χ1) is 11.8. The molecule has 2 N–H and O–H groups in total. The molecule has 1 heterocycles. The molecule has 2 aromatic carbocycles. The maximum absolute atomic E-state index is 5.65. The van der Waals surface area contributed by atoms with Crippen molar-refractivity contribution in [2.75, 3.05) is 23.8 Å². The molecule has 0 radical (unpaired) electrons. The first-order valence-corrected chi connectivity index (χ1v) is 7.89. The van der Waals surface area contributed by atoms with Crippen LogP contribution in [0.15, 0.2) is 66.7 Å². The summed E-state index contributed by atoms with van der Waals surface area (Å²) < 4.78 is 5.65. The summed E-state index contributed by atoms with van der Waals surface area (Å²) in [4.78, 5) is 8.89. The van der Waals surface area contributed by atoms with Crippen molar-refractivity contribution in [2.24, 2.45) is 0 Å². The van der Waals surface area contributed by atoms with E-state index >= 15 is 0 Å². The molecule has 0 saturated carbocycles. The summed E-state index contributed by atoms with van der Waals surface area (Å²) in [5.74, 6) is 2.21. The Morgan fingerprint density at radius 1 is 0.917 bits per heavy atom. The van der Waals surface area contributed by atoms with E-state index in [1.54, 1.807) is 0 Å². The third-order valence-corrected chi connectivity index (χ3v) is 3.30. The molecule has 0 aliphatic rings. The monoisotopic (exact) mass is 320 g/mol. The molecule has 0 aliphatic carbocycles. The number of para-hydroxylation sites is 2. The average molecular weight is 320 g/mol. The highest BCUT2D eigenvalue weighted by Crippen LogP contribution is 2.16. The van der Waals surface area contributed by atoms with E-state index in [9.17, 15) is 0 Å². The lowest BCUT2D eigenvalue weighted by Gasteiger charge is -2.10. The molecule has 0 atom stereocenters. The van der Waals surface area contributed by atoms with E-state index in [0.717, 1.165) is 22.9 Å². The zero-order valence-electron chi connectivity index (χ0n) is 13.6. The number of hydrogen-bond donors (Lipinski definition) is 2. The number of aromatic nitrogens is 2. The second-order valence-corrected chi connectivity index (χ2v) is 5.30. The Bertz CT molecular complexity index is 763. The quantitative estimate of drug-likeness (QED) is 0.644. The molecule has 5 heteroatoms. The van der Waals surface area contributed by atoms with Gasteiger partial charge in [-0.25, -0.2) is 4.98 Å². The van der Waals surface area contributed by atoms with Gasteiger partial charge >= 0.3 is 0 Å². The van der Waals surface area contributed by atoms with E-state index < -0.39 is 0 Å². The van der Waals surface area contributed by atoms with Crippen LogP contribution < -0.4 is 15.4 Å². The van der Waals surface area contributed by atoms with Crippen LogP contribution in [-0.4, -0.2) is 23.1 Å². The van der Waals surface area contributed by atoms with Gasteiger partial charge in [-0.3, -0.25) is 0 Å². The molecule has 0 aliphatic heterocycles. The summed E-state index contributed by atoms with van der Waals surface area (Å²) in [6.07, 6.45) is 0. The number of benzene rings is 2. The summed E-state index contributed by atoms with van der Waals surface area (Å²) in [6.45, 7) is 3.12. The largest absolute Gasteiger partial charge is 0.492 e. The first kappa shape index (κ1) is 15.8. The van der Waals surface area contributed by atoms with Crippen molar-refractivity contribution in [1.82, 2.24) is 9.97 Å². The maximum atomic E-state index is 5.65. The van der Waals surface area contributed by atoms with Crippen LogP contribution in [0, 0.1) is 6.92 Å². The number of ether oxygens (including phenoxy) is 1. The lowest BCUT2D eigenvalue weighted by atomic mass is 10.3. The van der Waals surface area contributed by atoms with E-state index in [1.807, 2.05) is 73.7 Å². The van der Waals surface area contributed by atoms with Gasteiger partial charge in [0.25, 0.3) is 0 Å². The van der Waals surface area contributed by atoms with Gasteiger partial charge in [0.05, 0.1) is 6.54 Å². The molecule has 0 saturated heterocycles. The number of nitrogens with zero attached hydrogens (tertiary/aromatic N) is 2. The molecule has 5 nitrogen and oxygen atoms in total. The van der Waals surface area contributed by atoms with Gasteiger partial charge < -0.3 is 15.4 Å². The van der Waals surface area contributed by atoms with E-state index in [-0.39, 0.29) is 0 Å². The van der Waals surface area contributed by atoms with Crippen LogP contribution in [0.1, 0.15) is 5.69 Å². The van der Waals surface area contributed by atoms with Gasteiger partial charge in [-0.1, -0.05) is 36.4 Å². The number of hydrogen-bond acceptors (Lipinski definition) is 5. The minimum Gasteiger partial charge on any atom is -0.492 e. The predicted molar refractivity (Wildman–Crippen MR) is 96.9 cm³/mol. The Morgan fingerprint density at radius 3 is 2.38 bits per heavy atom. The molecule has 0 unspecified atom stereocenters. The lowest BCUT2D eigenvalue weighted by Crippen LogP contribution is -2.14. The smallest absolute Gasteiger partial charge is 0.224 e. The molecule has 3 rings (SSSR count). The molecule has 1 aromatic heterocycles. The Hall–Kier alpha value is -3.08. The lowest BCUT2D eigenvalue weighted by molar-refractivity contribution is 0.332. The van der Waals surface area contributed by atoms with Gasteiger partial charge in [0, 0.05) is 17.4 Å². The molecular formula is C19H20N4O. The minimum atomic E-state index is 0.544. The molecule has 3 aromatic rings. The molecule has 0 spiro atoms. The summed E-state index contributed by atoms with van der Waals surface area (Å²) in [5.41, 5.74) is 1.89. The van der Waals surface area contributed by atoms with Gasteiger partial charge in [-0.2, -0.15) is 4.98 Å². The predicted octanol–water partition coefficient (Wildman–Crippen LogP) is 4.02. The van der Waals surface area contributed by atoms with Gasteiger partial charge in [0.1, 0.15) is 18.2 Å². The SMILES string of the molecule is Cc1cc(Nc2ccccc2)nc(NCCOc2ccccc2)n1. The standard InChI is InChI=1S/C19H20N4O/c1-15-14-18(22-16-8-4-2-5-9-16)23-19(21-15)20-12-13-24-17-10-6-3-7-11-17/h2-11,14H,12-13H2,1H3,(H2,20,21,22,23). The Morgan fingerprint density at radius 2 is 1.62 bits per heavy atom. The molecule has 0 fully saturated rings. The average Bonchev–Trinajstić information content (AvgIpc) is 2.60. The fourth-order valence-electron chi connectivity index (χ4n) is 2.23. The summed E-state index contributed by atoms with van der Waals surface area (Å²) in [7, 11) is 0. The summed E-state index contributed by atoms with van der Waals surface area (Å²) in [5, 5.41) is 6.47. The van der Waals surface area contributed by atoms with Crippen LogP contribution >= 0.6 is 0 Å². The summed E-state index contributed by atoms with van der Waals surface area (Å²) >= 11 is 0. The van der Waals surface area contributed by atoms with Crippen LogP contribution in [0.5, 0.6) is 5.75 Å². The normalized spacial score (nSPS) is 10.2. The van der Waals surface area contributed by atoms with Crippen LogP contribution in [0.2, 0.25) is 0 Å². The number of anilines is 3. The first-order valence-electron chi connectivity index (χ1n) is 7.89. The third-order valence-electron chi connectivity index (χ3n) is 3.30. The van der Waals surface area contributed by atoms with Gasteiger partial charge in [-0.05, 0) is 31.2 Å². The zero-order valence-corrected chi connectivity index (χ0v) is 13.6. The van der Waals surface area contributed by atoms with Crippen molar-refractivity contribution >= 4 is 17.5 Å². The van der Waals surface area contributed by atoms with Crippen molar-refractivity contribution in [2.45, 2.75) is 6.92 Å². The number of aryl methyl sites for hydroxylation is 1. The fourth-order valence-corrected chi connectivity index (χ4v) is 2.23. The van der Waals surface area contributed by atoms with Crippen molar-refractivity contribution < 1.29 is 4.74 Å². The molecule has 24 heavy (non-hydrogen) atoms. The Balaban J connectivity index is 1.55. The molecule has 0 bridgehead atoms. The van der Waals surface area contributed by atoms with Crippen molar-refractivity contribution in [3.63, 3.8) is 0 Å². The van der Waals surface area contributed by atoms with E-state index in [0.29, 0.717) is 19.1 Å². The molecular weight excluding hydrogens is 300 g/mol. The van der Waals surface area contributed by atoms with Crippen LogP contribution in [0.4, 0.5) is 17.5 Å². The zero-order chi connectivity index (χ0) is 16.6. The van der Waals surface area contributed by atoms with E-state index in [2.05, 4.69) is 20.6 Å². The maximum Gasteiger partial charge on any atom is 0.224 e. The van der Waals surface area contributed by atoms with Gasteiger partial charge in [0.2, 0.25) is 5.95 Å². The fraction of sp³-hybridized carbons (Fsp3) is 0.158. The van der Waals surface area contributed by atoms with E-state index in [1.165, 1.54) is 0 Å². The van der Waals surface area contributed by atoms with Gasteiger partial charge in [-0.15, -0.1) is 0 Å². The second-order valence-electron chi connectivity index (χ2n) is 5.30. The Labute approximate surface area is 141 Å². The Kier molecular flexibility index (Phi) is 5.24. The number of nitrogens with one attached hydrogen (secondary N) is 2. The van der Waals surface area contributed by atoms with E-state index in [4.69, 9.17) is 4.74 Å². The highest BCUT2D eigenvalue weighted by atomic mass is 16.5. The third kappa shape index (κ3) is 4.71. The molecule has 0 amide bonds. The second kappa shape index (κ2) is 7.97. The van der Waals surface area contributed by atoms with Crippen molar-refractivity contribution in [3.05, 3.63) is 72.4 Å². The summed E-state index contributed by atoms with van der Waals surface area (Å²) in [6, 6.07) is 21.6. The topological polar surface area (TPSA) is 59.1 Å². The highest BCUT2D eigenvalue weighted by molar-refractivity contribution is 5.57. The van der Waals surface area contributed by atoms with Crippen LogP contribution in [0.3, 0.4) is 0 Å². The van der Waals surface area contributed by atoms with Gasteiger partial charge in [0.15, 0.2) is 0 Å². The van der Waals surface area contributed by atoms with Crippen LogP contribution in [0.25, 0.3) is 0 Å². The number of rotatable bonds is 7. The molecule has 122 valence electrons. The highest BCUT2D eigenvalue weighted by Gasteiger charge is 2.02. The minimum absolute atomic E-state index is 0.544. The van der Waals surface area contributed by atoms with Crippen molar-refractivity contribution in [3.8, 4) is 5.75 Å².